The number of likely N-dealkylation sites (tertiary alicyclic amines) is 1. The van der Waals surface area contributed by atoms with Crippen molar-refractivity contribution in [2.75, 3.05) is 25.4 Å². The molecular weight excluding hydrogens is 332 g/mol. The van der Waals surface area contributed by atoms with Crippen molar-refractivity contribution in [3.05, 3.63) is 65.2 Å². The number of benzene rings is 2. The standard InChI is InChI=1S/C24H32N2O/c1-23(2)22-16-19-20(10-7-11-21(19)25)24(23,3)12-13-26(22)14-15-27-17-18-8-5-4-6-9-18/h4-11,22H,12-17,25H2,1-3H3/t22-,24+/m1/s1. The number of anilines is 1. The zero-order valence-electron chi connectivity index (χ0n) is 16.9. The van der Waals surface area contributed by atoms with Gasteiger partial charge in [0.25, 0.3) is 0 Å². The smallest absolute Gasteiger partial charge is 0.0717 e. The van der Waals surface area contributed by atoms with Crippen molar-refractivity contribution >= 4 is 5.69 Å². The maximum Gasteiger partial charge on any atom is 0.0717 e. The predicted octanol–water partition coefficient (Wildman–Crippen LogP) is 4.40. The summed E-state index contributed by atoms with van der Waals surface area (Å²) in [4.78, 5) is 2.64. The second-order valence-corrected chi connectivity index (χ2v) is 8.97. The molecule has 0 radical (unpaired) electrons. The Labute approximate surface area is 163 Å². The van der Waals surface area contributed by atoms with E-state index in [0.717, 1.165) is 31.8 Å². The van der Waals surface area contributed by atoms with Crippen LogP contribution in [0, 0.1) is 5.41 Å². The van der Waals surface area contributed by atoms with Gasteiger partial charge in [-0.2, -0.15) is 0 Å². The number of hydrogen-bond acceptors (Lipinski definition) is 3. The fourth-order valence-electron chi connectivity index (χ4n) is 5.29. The van der Waals surface area contributed by atoms with Gasteiger partial charge in [-0.15, -0.1) is 0 Å². The highest BCUT2D eigenvalue weighted by molar-refractivity contribution is 5.56. The summed E-state index contributed by atoms with van der Waals surface area (Å²) in [6.07, 6.45) is 2.22. The van der Waals surface area contributed by atoms with Crippen molar-refractivity contribution in [3.63, 3.8) is 0 Å². The highest BCUT2D eigenvalue weighted by atomic mass is 16.5. The molecule has 2 N–H and O–H groups in total. The molecule has 2 aromatic rings. The Morgan fingerprint density at radius 3 is 2.63 bits per heavy atom. The summed E-state index contributed by atoms with van der Waals surface area (Å²) in [6.45, 7) is 10.9. The summed E-state index contributed by atoms with van der Waals surface area (Å²) in [5.74, 6) is 0. The first-order valence-corrected chi connectivity index (χ1v) is 10.2. The molecule has 3 heteroatoms. The van der Waals surface area contributed by atoms with E-state index in [0.29, 0.717) is 12.6 Å². The molecule has 1 saturated heterocycles. The van der Waals surface area contributed by atoms with Gasteiger partial charge in [-0.1, -0.05) is 63.2 Å². The van der Waals surface area contributed by atoms with Crippen LogP contribution in [0.4, 0.5) is 5.69 Å². The highest BCUT2D eigenvalue weighted by Gasteiger charge is 2.55. The van der Waals surface area contributed by atoms with E-state index in [1.165, 1.54) is 23.1 Å². The van der Waals surface area contributed by atoms with Gasteiger partial charge < -0.3 is 10.5 Å². The molecule has 1 heterocycles. The molecule has 3 nitrogen and oxygen atoms in total. The number of piperidine rings is 1. The number of nitrogens with two attached hydrogens (primary N) is 1. The van der Waals surface area contributed by atoms with Gasteiger partial charge in [0.15, 0.2) is 0 Å². The van der Waals surface area contributed by atoms with Crippen LogP contribution in [0.25, 0.3) is 0 Å². The lowest BCUT2D eigenvalue weighted by Crippen LogP contribution is -2.64. The lowest BCUT2D eigenvalue weighted by atomic mass is 9.51. The van der Waals surface area contributed by atoms with E-state index in [1.54, 1.807) is 0 Å². The number of fused-ring (bicyclic) bond motifs is 4. The molecule has 0 spiro atoms. The van der Waals surface area contributed by atoms with Gasteiger partial charge in [0.2, 0.25) is 0 Å². The van der Waals surface area contributed by atoms with Gasteiger partial charge in [-0.05, 0) is 47.6 Å². The molecule has 1 aliphatic carbocycles. The second kappa shape index (κ2) is 6.96. The zero-order valence-corrected chi connectivity index (χ0v) is 16.9. The van der Waals surface area contributed by atoms with E-state index >= 15 is 0 Å². The number of hydrogen-bond donors (Lipinski definition) is 1. The summed E-state index contributed by atoms with van der Waals surface area (Å²) in [5.41, 5.74) is 11.8. The van der Waals surface area contributed by atoms with E-state index in [9.17, 15) is 0 Å². The molecular formula is C24H32N2O. The Hall–Kier alpha value is -1.84. The molecule has 4 rings (SSSR count). The minimum Gasteiger partial charge on any atom is -0.398 e. The molecule has 1 aliphatic heterocycles. The van der Waals surface area contributed by atoms with Gasteiger partial charge >= 0.3 is 0 Å². The van der Waals surface area contributed by atoms with Gasteiger partial charge in [0, 0.05) is 23.7 Å². The van der Waals surface area contributed by atoms with E-state index in [4.69, 9.17) is 10.5 Å². The molecule has 0 aromatic heterocycles. The largest absolute Gasteiger partial charge is 0.398 e. The summed E-state index contributed by atoms with van der Waals surface area (Å²) >= 11 is 0. The molecule has 27 heavy (non-hydrogen) atoms. The number of nitrogens with zero attached hydrogens (tertiary/aromatic N) is 1. The second-order valence-electron chi connectivity index (χ2n) is 8.97. The number of nitrogen functional groups attached to an aromatic ring is 1. The van der Waals surface area contributed by atoms with E-state index in [1.807, 2.05) is 6.07 Å². The Morgan fingerprint density at radius 2 is 1.85 bits per heavy atom. The van der Waals surface area contributed by atoms with Gasteiger partial charge in [-0.3, -0.25) is 4.90 Å². The fraction of sp³-hybridized carbons (Fsp3) is 0.500. The third-order valence-corrected chi connectivity index (χ3v) is 7.43. The number of rotatable bonds is 5. The van der Waals surface area contributed by atoms with Crippen LogP contribution in [0.2, 0.25) is 0 Å². The average molecular weight is 365 g/mol. The molecule has 0 saturated carbocycles. The quantitative estimate of drug-likeness (QED) is 0.631. The van der Waals surface area contributed by atoms with Crippen molar-refractivity contribution in [2.45, 2.75) is 51.7 Å². The summed E-state index contributed by atoms with van der Waals surface area (Å²) in [7, 11) is 0. The lowest BCUT2D eigenvalue weighted by Gasteiger charge is -2.61. The van der Waals surface area contributed by atoms with Crippen LogP contribution in [0.15, 0.2) is 48.5 Å². The van der Waals surface area contributed by atoms with E-state index in [-0.39, 0.29) is 10.8 Å². The van der Waals surface area contributed by atoms with E-state index in [2.05, 4.69) is 68.1 Å². The van der Waals surface area contributed by atoms with Gasteiger partial charge in [0.05, 0.1) is 13.2 Å². The third-order valence-electron chi connectivity index (χ3n) is 7.43. The van der Waals surface area contributed by atoms with Crippen LogP contribution in [0.3, 0.4) is 0 Å². The van der Waals surface area contributed by atoms with Crippen molar-refractivity contribution < 1.29 is 4.74 Å². The van der Waals surface area contributed by atoms with Crippen LogP contribution in [0.1, 0.15) is 43.9 Å². The van der Waals surface area contributed by atoms with Crippen LogP contribution in [0.5, 0.6) is 0 Å². The Balaban J connectivity index is 1.47. The van der Waals surface area contributed by atoms with Crippen molar-refractivity contribution in [2.24, 2.45) is 5.41 Å². The molecule has 0 amide bonds. The fourth-order valence-corrected chi connectivity index (χ4v) is 5.29. The van der Waals surface area contributed by atoms with Crippen molar-refractivity contribution in [3.8, 4) is 0 Å². The highest BCUT2D eigenvalue weighted by Crippen LogP contribution is 2.56. The van der Waals surface area contributed by atoms with Crippen LogP contribution < -0.4 is 5.73 Å². The third kappa shape index (κ3) is 3.07. The van der Waals surface area contributed by atoms with E-state index < -0.39 is 0 Å². The van der Waals surface area contributed by atoms with Crippen molar-refractivity contribution in [1.82, 2.24) is 4.90 Å². The first-order chi connectivity index (χ1) is 12.9. The van der Waals surface area contributed by atoms with Crippen molar-refractivity contribution in [1.29, 1.82) is 0 Å². The van der Waals surface area contributed by atoms with Gasteiger partial charge in [-0.25, -0.2) is 0 Å². The summed E-state index contributed by atoms with van der Waals surface area (Å²) < 4.78 is 5.98. The maximum absolute atomic E-state index is 6.38. The topological polar surface area (TPSA) is 38.5 Å². The normalized spacial score (nSPS) is 26.6. The predicted molar refractivity (Wildman–Crippen MR) is 112 cm³/mol. The summed E-state index contributed by atoms with van der Waals surface area (Å²) in [5, 5.41) is 0. The molecule has 1 fully saturated rings. The monoisotopic (exact) mass is 364 g/mol. The van der Waals surface area contributed by atoms with Gasteiger partial charge in [0.1, 0.15) is 0 Å². The van der Waals surface area contributed by atoms with Crippen LogP contribution in [-0.2, 0) is 23.2 Å². The molecule has 2 aromatic carbocycles. The maximum atomic E-state index is 6.38. The minimum atomic E-state index is 0.183. The molecule has 2 bridgehead atoms. The average Bonchev–Trinajstić information content (AvgIpc) is 2.65. The first-order valence-electron chi connectivity index (χ1n) is 10.2. The lowest BCUT2D eigenvalue weighted by molar-refractivity contribution is -0.0491. The zero-order chi connectivity index (χ0) is 19.1. The Bertz CT molecular complexity index is 801. The Morgan fingerprint density at radius 1 is 1.07 bits per heavy atom. The van der Waals surface area contributed by atoms with Crippen LogP contribution in [-0.4, -0.2) is 30.6 Å². The summed E-state index contributed by atoms with van der Waals surface area (Å²) in [6, 6.07) is 17.4. The molecule has 0 unspecified atom stereocenters. The Kier molecular flexibility index (Phi) is 4.77. The molecule has 2 atom stereocenters. The SMILES string of the molecule is CC1(C)[C@H]2Cc3c(N)cccc3[C@]1(C)CCN2CCOCc1ccccc1. The van der Waals surface area contributed by atoms with Crippen LogP contribution >= 0.6 is 0 Å². The first kappa shape index (κ1) is 18.5. The molecule has 144 valence electrons. The number of ether oxygens (including phenoxy) is 1. The molecule has 2 aliphatic rings. The minimum absolute atomic E-state index is 0.183.